The van der Waals surface area contributed by atoms with Crippen LogP contribution in [0.15, 0.2) is 24.7 Å². The van der Waals surface area contributed by atoms with E-state index in [1.54, 1.807) is 12.4 Å². The van der Waals surface area contributed by atoms with Crippen LogP contribution in [0, 0.1) is 5.92 Å². The molecule has 4 heterocycles. The Hall–Kier alpha value is -2.78. The van der Waals surface area contributed by atoms with Crippen LogP contribution in [-0.2, 0) is 0 Å². The van der Waals surface area contributed by atoms with Crippen molar-refractivity contribution in [3.05, 3.63) is 30.4 Å². The van der Waals surface area contributed by atoms with Crippen molar-refractivity contribution in [2.24, 2.45) is 5.92 Å². The second kappa shape index (κ2) is 7.48. The number of nitrogens with zero attached hydrogens (tertiary/aromatic N) is 5. The van der Waals surface area contributed by atoms with E-state index in [9.17, 15) is 18.0 Å². The summed E-state index contributed by atoms with van der Waals surface area (Å²) in [5, 5.41) is 1.98. The lowest BCUT2D eigenvalue weighted by Gasteiger charge is -2.18. The first-order valence-corrected chi connectivity index (χ1v) is 10.1. The lowest BCUT2D eigenvalue weighted by molar-refractivity contribution is -0.123. The van der Waals surface area contributed by atoms with Crippen LogP contribution in [0.2, 0.25) is 0 Å². The molecule has 0 saturated carbocycles. The van der Waals surface area contributed by atoms with Gasteiger partial charge in [0.15, 0.2) is 11.3 Å². The fourth-order valence-corrected chi connectivity index (χ4v) is 4.34. The third-order valence-electron chi connectivity index (χ3n) is 5.86. The second-order valence-electron chi connectivity index (χ2n) is 8.11. The molecule has 0 radical (unpaired) electrons. The summed E-state index contributed by atoms with van der Waals surface area (Å²) in [6, 6.07) is 1.58. The molecule has 2 amide bonds. The van der Waals surface area contributed by atoms with Crippen LogP contribution in [0.4, 0.5) is 18.0 Å². The number of aromatic nitrogens is 4. The van der Waals surface area contributed by atoms with Crippen LogP contribution in [0.3, 0.4) is 0 Å². The Kier molecular flexibility index (Phi) is 5.11. The minimum absolute atomic E-state index is 0.0189. The highest BCUT2D eigenvalue weighted by atomic mass is 19.4. The highest BCUT2D eigenvalue weighted by Crippen LogP contribution is 2.36. The average Bonchev–Trinajstić information content (AvgIpc) is 3.39. The summed E-state index contributed by atoms with van der Waals surface area (Å²) < 4.78 is 41.6. The number of halogens is 3. The molecular formula is C20H25F3N6O. The summed E-state index contributed by atoms with van der Waals surface area (Å²) in [7, 11) is 0. The quantitative estimate of drug-likeness (QED) is 0.692. The van der Waals surface area contributed by atoms with E-state index in [4.69, 9.17) is 0 Å². The van der Waals surface area contributed by atoms with Gasteiger partial charge in [-0.05, 0) is 25.8 Å². The van der Waals surface area contributed by atoms with Gasteiger partial charge in [-0.3, -0.25) is 4.40 Å². The van der Waals surface area contributed by atoms with E-state index in [1.807, 2.05) is 24.5 Å². The molecule has 30 heavy (non-hydrogen) atoms. The molecule has 0 aliphatic carbocycles. The minimum Gasteiger partial charge on any atom is -0.329 e. The minimum atomic E-state index is -4.43. The first-order valence-electron chi connectivity index (χ1n) is 10.1. The van der Waals surface area contributed by atoms with Crippen LogP contribution in [-0.4, -0.2) is 55.7 Å². The van der Waals surface area contributed by atoms with E-state index in [2.05, 4.69) is 32.8 Å². The van der Waals surface area contributed by atoms with E-state index >= 15 is 0 Å². The molecule has 0 bridgehead atoms. The van der Waals surface area contributed by atoms with Gasteiger partial charge < -0.3 is 14.8 Å². The van der Waals surface area contributed by atoms with E-state index in [-0.39, 0.29) is 17.9 Å². The molecule has 1 aliphatic heterocycles. The van der Waals surface area contributed by atoms with Crippen LogP contribution in [0.25, 0.3) is 16.8 Å². The summed E-state index contributed by atoms with van der Waals surface area (Å²) in [6.07, 6.45) is 1.90. The van der Waals surface area contributed by atoms with E-state index < -0.39 is 18.8 Å². The fourth-order valence-electron chi connectivity index (χ4n) is 4.34. The maximum Gasteiger partial charge on any atom is 0.405 e. The molecule has 2 atom stereocenters. The van der Waals surface area contributed by atoms with Gasteiger partial charge in [0.25, 0.3) is 0 Å². The predicted octanol–water partition coefficient (Wildman–Crippen LogP) is 3.96. The van der Waals surface area contributed by atoms with Gasteiger partial charge >= 0.3 is 12.2 Å². The first-order chi connectivity index (χ1) is 14.2. The molecule has 1 fully saturated rings. The normalized spacial score (nSPS) is 20.0. The van der Waals surface area contributed by atoms with Crippen molar-refractivity contribution in [2.45, 2.75) is 45.3 Å². The van der Waals surface area contributed by atoms with Gasteiger partial charge in [0.2, 0.25) is 0 Å². The van der Waals surface area contributed by atoms with Crippen molar-refractivity contribution in [3.8, 4) is 0 Å². The van der Waals surface area contributed by atoms with Crippen molar-refractivity contribution in [1.29, 1.82) is 0 Å². The number of nitrogens with one attached hydrogen (secondary N) is 1. The zero-order valence-electron chi connectivity index (χ0n) is 17.1. The Balaban J connectivity index is 1.67. The fraction of sp³-hybridized carbons (Fsp3) is 0.550. The zero-order valence-corrected chi connectivity index (χ0v) is 17.1. The van der Waals surface area contributed by atoms with E-state index in [0.29, 0.717) is 18.7 Å². The summed E-state index contributed by atoms with van der Waals surface area (Å²) >= 11 is 0. The number of carbonyl (C=O) groups excluding carboxylic acids is 1. The smallest absolute Gasteiger partial charge is 0.329 e. The van der Waals surface area contributed by atoms with Crippen molar-refractivity contribution >= 4 is 22.8 Å². The maximum atomic E-state index is 12.5. The number of rotatable bonds is 4. The zero-order chi connectivity index (χ0) is 21.6. The molecule has 0 unspecified atom stereocenters. The summed E-state index contributed by atoms with van der Waals surface area (Å²) in [5.74, 6) is 0.117. The number of fused-ring (bicyclic) bond motifs is 3. The molecule has 3 aromatic rings. The van der Waals surface area contributed by atoms with Crippen LogP contribution < -0.4 is 5.32 Å². The standard InChI is InChI=1S/C20H25F3N6O/c1-4-13-9-27(19(30)26-11-20(21,22)23)10-14(13)16-7-24-17-8-25-18-15(29(16)17)5-6-28(18)12(2)3/h5-8,12-14H,4,9-11H2,1-3H3,(H,26,30)/t13-,14+/m1/s1. The van der Waals surface area contributed by atoms with Gasteiger partial charge in [0.05, 0.1) is 11.7 Å². The Morgan fingerprint density at radius 2 is 2.03 bits per heavy atom. The average molecular weight is 422 g/mol. The molecule has 3 aromatic heterocycles. The number of carbonyl (C=O) groups is 1. The summed E-state index contributed by atoms with van der Waals surface area (Å²) in [5.41, 5.74) is 3.46. The van der Waals surface area contributed by atoms with Crippen LogP contribution in [0.1, 0.15) is 44.8 Å². The van der Waals surface area contributed by atoms with Crippen molar-refractivity contribution in [3.63, 3.8) is 0 Å². The van der Waals surface area contributed by atoms with Gasteiger partial charge in [0.1, 0.15) is 6.54 Å². The number of imidazole rings is 1. The topological polar surface area (TPSA) is 67.5 Å². The van der Waals surface area contributed by atoms with Crippen molar-refractivity contribution < 1.29 is 18.0 Å². The maximum absolute atomic E-state index is 12.5. The Bertz CT molecular complexity index is 1070. The molecule has 0 spiro atoms. The molecule has 10 heteroatoms. The highest BCUT2D eigenvalue weighted by Gasteiger charge is 2.38. The largest absolute Gasteiger partial charge is 0.405 e. The second-order valence-corrected chi connectivity index (χ2v) is 8.11. The monoisotopic (exact) mass is 422 g/mol. The predicted molar refractivity (Wildman–Crippen MR) is 106 cm³/mol. The molecule has 162 valence electrons. The molecule has 4 rings (SSSR count). The van der Waals surface area contributed by atoms with E-state index in [1.165, 1.54) is 4.90 Å². The van der Waals surface area contributed by atoms with E-state index in [0.717, 1.165) is 23.3 Å². The summed E-state index contributed by atoms with van der Waals surface area (Å²) in [6.45, 7) is 5.64. The number of alkyl halides is 3. The summed E-state index contributed by atoms with van der Waals surface area (Å²) in [4.78, 5) is 22.8. The van der Waals surface area contributed by atoms with Crippen LogP contribution >= 0.6 is 0 Å². The van der Waals surface area contributed by atoms with Crippen molar-refractivity contribution in [2.75, 3.05) is 19.6 Å². The third kappa shape index (κ3) is 3.59. The van der Waals surface area contributed by atoms with Gasteiger partial charge in [-0.1, -0.05) is 13.3 Å². The van der Waals surface area contributed by atoms with Crippen molar-refractivity contribution in [1.82, 2.24) is 29.2 Å². The Morgan fingerprint density at radius 3 is 2.70 bits per heavy atom. The molecule has 1 N–H and O–H groups in total. The van der Waals surface area contributed by atoms with Gasteiger partial charge in [-0.15, -0.1) is 0 Å². The van der Waals surface area contributed by atoms with Gasteiger partial charge in [-0.2, -0.15) is 13.2 Å². The number of urea groups is 1. The SMILES string of the molecule is CC[C@@H]1CN(C(=O)NCC(F)(F)F)C[C@@H]1c1cnc2cnc3c(ccn3C(C)C)n12. The number of amides is 2. The van der Waals surface area contributed by atoms with Crippen LogP contribution in [0.5, 0.6) is 0 Å². The number of hydrogen-bond acceptors (Lipinski definition) is 3. The lowest BCUT2D eigenvalue weighted by Crippen LogP contribution is -2.42. The lowest BCUT2D eigenvalue weighted by atomic mass is 9.91. The number of hydrogen-bond donors (Lipinski definition) is 1. The molecule has 7 nitrogen and oxygen atoms in total. The first kappa shape index (κ1) is 20.5. The molecule has 0 aromatic carbocycles. The Morgan fingerprint density at radius 1 is 1.27 bits per heavy atom. The molecular weight excluding hydrogens is 397 g/mol. The third-order valence-corrected chi connectivity index (χ3v) is 5.86. The molecule has 1 aliphatic rings. The highest BCUT2D eigenvalue weighted by molar-refractivity contribution is 5.76. The molecule has 1 saturated heterocycles. The number of likely N-dealkylation sites (tertiary alicyclic amines) is 1. The van der Waals surface area contributed by atoms with Gasteiger partial charge in [0, 0.05) is 43.1 Å². The van der Waals surface area contributed by atoms with Gasteiger partial charge in [-0.25, -0.2) is 14.8 Å². The Labute approximate surface area is 171 Å².